The van der Waals surface area contributed by atoms with E-state index in [0.29, 0.717) is 16.3 Å². The van der Waals surface area contributed by atoms with Gasteiger partial charge in [0.1, 0.15) is 0 Å². The summed E-state index contributed by atoms with van der Waals surface area (Å²) < 4.78 is 7.17. The number of carbonyl (C=O) groups is 2. The molecular weight excluding hydrogens is 364 g/mol. The molecule has 0 spiro atoms. The van der Waals surface area contributed by atoms with Gasteiger partial charge in [-0.25, -0.2) is 4.79 Å². The minimum atomic E-state index is -0.552. The van der Waals surface area contributed by atoms with Gasteiger partial charge in [0.2, 0.25) is 0 Å². The quantitative estimate of drug-likeness (QED) is 0.659. The van der Waals surface area contributed by atoms with Crippen LogP contribution in [0.5, 0.6) is 0 Å². The SMILES string of the molecule is Cc1ccc(C)n1-c1ccc(C(=O)OCC(=O)Nc2cccc(Cl)c2)cc1. The van der Waals surface area contributed by atoms with Gasteiger partial charge in [0, 0.05) is 27.8 Å². The van der Waals surface area contributed by atoms with Crippen LogP contribution in [0.1, 0.15) is 21.7 Å². The Hall–Kier alpha value is -3.05. The van der Waals surface area contributed by atoms with E-state index in [1.165, 1.54) is 0 Å². The lowest BCUT2D eigenvalue weighted by Crippen LogP contribution is -2.20. The molecule has 0 aliphatic heterocycles. The number of halogens is 1. The Morgan fingerprint density at radius 2 is 1.67 bits per heavy atom. The summed E-state index contributed by atoms with van der Waals surface area (Å²) in [4.78, 5) is 24.1. The van der Waals surface area contributed by atoms with Crippen molar-refractivity contribution in [2.24, 2.45) is 0 Å². The molecule has 6 heteroatoms. The Labute approximate surface area is 162 Å². The van der Waals surface area contributed by atoms with Gasteiger partial charge >= 0.3 is 5.97 Å². The molecule has 138 valence electrons. The number of carbonyl (C=O) groups excluding carboxylic acids is 2. The zero-order chi connectivity index (χ0) is 19.4. The molecule has 0 saturated heterocycles. The summed E-state index contributed by atoms with van der Waals surface area (Å²) in [5.74, 6) is -0.982. The van der Waals surface area contributed by atoms with E-state index < -0.39 is 11.9 Å². The number of amides is 1. The Morgan fingerprint density at radius 1 is 1.00 bits per heavy atom. The highest BCUT2D eigenvalue weighted by Gasteiger charge is 2.11. The van der Waals surface area contributed by atoms with E-state index in [1.54, 1.807) is 36.4 Å². The number of nitrogens with one attached hydrogen (secondary N) is 1. The third-order valence-electron chi connectivity index (χ3n) is 4.08. The van der Waals surface area contributed by atoms with Gasteiger partial charge in [-0.1, -0.05) is 17.7 Å². The predicted molar refractivity (Wildman–Crippen MR) is 106 cm³/mol. The van der Waals surface area contributed by atoms with Crippen molar-refractivity contribution in [1.82, 2.24) is 4.57 Å². The summed E-state index contributed by atoms with van der Waals surface area (Å²) in [7, 11) is 0. The number of ether oxygens (including phenoxy) is 1. The number of esters is 1. The van der Waals surface area contributed by atoms with Crippen LogP contribution in [0.3, 0.4) is 0 Å². The molecule has 5 nitrogen and oxygen atoms in total. The van der Waals surface area contributed by atoms with Crippen LogP contribution in [-0.2, 0) is 9.53 Å². The van der Waals surface area contributed by atoms with Crippen LogP contribution in [0.2, 0.25) is 5.02 Å². The van der Waals surface area contributed by atoms with E-state index in [4.69, 9.17) is 16.3 Å². The number of aryl methyl sites for hydroxylation is 2. The Kier molecular flexibility index (Phi) is 5.62. The average molecular weight is 383 g/mol. The molecule has 0 atom stereocenters. The van der Waals surface area contributed by atoms with Crippen molar-refractivity contribution in [3.8, 4) is 5.69 Å². The molecule has 0 bridgehead atoms. The molecular formula is C21H19ClN2O3. The van der Waals surface area contributed by atoms with Gasteiger partial charge < -0.3 is 14.6 Å². The summed E-state index contributed by atoms with van der Waals surface area (Å²) in [6.45, 7) is 3.67. The standard InChI is InChI=1S/C21H19ClN2O3/c1-14-6-7-15(2)24(14)19-10-8-16(9-11-19)21(26)27-13-20(25)23-18-5-3-4-17(22)12-18/h3-12H,13H2,1-2H3,(H,23,25). The molecule has 1 amide bonds. The molecule has 0 aliphatic carbocycles. The van der Waals surface area contributed by atoms with E-state index in [-0.39, 0.29) is 6.61 Å². The first-order chi connectivity index (χ1) is 12.9. The maximum absolute atomic E-state index is 12.2. The van der Waals surface area contributed by atoms with Crippen molar-refractivity contribution >= 4 is 29.2 Å². The molecule has 1 aromatic heterocycles. The van der Waals surface area contributed by atoms with Gasteiger partial charge in [0.05, 0.1) is 5.56 Å². The summed E-state index contributed by atoms with van der Waals surface area (Å²) in [5, 5.41) is 3.14. The van der Waals surface area contributed by atoms with Crippen molar-refractivity contribution in [2.45, 2.75) is 13.8 Å². The van der Waals surface area contributed by atoms with Crippen molar-refractivity contribution in [1.29, 1.82) is 0 Å². The van der Waals surface area contributed by atoms with Crippen LogP contribution in [0.25, 0.3) is 5.69 Å². The second-order valence-corrected chi connectivity index (χ2v) is 6.57. The number of anilines is 1. The average Bonchev–Trinajstić information content (AvgIpc) is 2.98. The zero-order valence-electron chi connectivity index (χ0n) is 15.0. The van der Waals surface area contributed by atoms with Gasteiger partial charge in [-0.3, -0.25) is 4.79 Å². The lowest BCUT2D eigenvalue weighted by Gasteiger charge is -2.10. The number of hydrogen-bond donors (Lipinski definition) is 1. The first-order valence-electron chi connectivity index (χ1n) is 8.42. The van der Waals surface area contributed by atoms with Gasteiger partial charge in [0.15, 0.2) is 6.61 Å². The molecule has 3 aromatic rings. The monoisotopic (exact) mass is 382 g/mol. The topological polar surface area (TPSA) is 60.3 Å². The zero-order valence-corrected chi connectivity index (χ0v) is 15.8. The fourth-order valence-electron chi connectivity index (χ4n) is 2.80. The van der Waals surface area contributed by atoms with Crippen LogP contribution in [0.4, 0.5) is 5.69 Å². The number of rotatable bonds is 5. The number of aromatic nitrogens is 1. The van der Waals surface area contributed by atoms with E-state index in [2.05, 4.69) is 9.88 Å². The number of hydrogen-bond acceptors (Lipinski definition) is 3. The van der Waals surface area contributed by atoms with Crippen molar-refractivity contribution < 1.29 is 14.3 Å². The van der Waals surface area contributed by atoms with Crippen LogP contribution >= 0.6 is 11.6 Å². The third kappa shape index (κ3) is 4.57. The van der Waals surface area contributed by atoms with Crippen LogP contribution < -0.4 is 5.32 Å². The van der Waals surface area contributed by atoms with E-state index >= 15 is 0 Å². The Balaban J connectivity index is 1.59. The summed E-state index contributed by atoms with van der Waals surface area (Å²) in [6.07, 6.45) is 0. The maximum Gasteiger partial charge on any atom is 0.338 e. The van der Waals surface area contributed by atoms with E-state index in [0.717, 1.165) is 17.1 Å². The lowest BCUT2D eigenvalue weighted by atomic mass is 10.2. The number of nitrogens with zero attached hydrogens (tertiary/aromatic N) is 1. The molecule has 0 radical (unpaired) electrons. The molecule has 0 fully saturated rings. The smallest absolute Gasteiger partial charge is 0.338 e. The van der Waals surface area contributed by atoms with E-state index in [9.17, 15) is 9.59 Å². The normalized spacial score (nSPS) is 10.5. The summed E-state index contributed by atoms with van der Waals surface area (Å²) in [6, 6.07) is 17.9. The summed E-state index contributed by atoms with van der Waals surface area (Å²) >= 11 is 5.87. The molecule has 2 aromatic carbocycles. The van der Waals surface area contributed by atoms with Crippen LogP contribution in [0, 0.1) is 13.8 Å². The van der Waals surface area contributed by atoms with Crippen molar-refractivity contribution in [3.05, 3.63) is 82.6 Å². The lowest BCUT2D eigenvalue weighted by molar-refractivity contribution is -0.119. The molecule has 3 rings (SSSR count). The van der Waals surface area contributed by atoms with Crippen molar-refractivity contribution in [3.63, 3.8) is 0 Å². The first-order valence-corrected chi connectivity index (χ1v) is 8.80. The summed E-state index contributed by atoms with van der Waals surface area (Å²) in [5.41, 5.74) is 4.12. The highest BCUT2D eigenvalue weighted by molar-refractivity contribution is 6.30. The predicted octanol–water partition coefficient (Wildman–Crippen LogP) is 4.54. The van der Waals surface area contributed by atoms with Crippen LogP contribution in [0.15, 0.2) is 60.7 Å². The Bertz CT molecular complexity index is 958. The van der Waals surface area contributed by atoms with Crippen molar-refractivity contribution in [2.75, 3.05) is 11.9 Å². The fourth-order valence-corrected chi connectivity index (χ4v) is 2.99. The minimum Gasteiger partial charge on any atom is -0.452 e. The van der Waals surface area contributed by atoms with E-state index in [1.807, 2.05) is 38.1 Å². The number of benzene rings is 2. The minimum absolute atomic E-state index is 0.372. The fraction of sp³-hybridized carbons (Fsp3) is 0.143. The van der Waals surface area contributed by atoms with Gasteiger partial charge in [-0.2, -0.15) is 0 Å². The third-order valence-corrected chi connectivity index (χ3v) is 4.31. The maximum atomic E-state index is 12.2. The molecule has 0 aliphatic rings. The van der Waals surface area contributed by atoms with Gasteiger partial charge in [-0.05, 0) is 68.4 Å². The highest BCUT2D eigenvalue weighted by Crippen LogP contribution is 2.17. The molecule has 1 heterocycles. The molecule has 1 N–H and O–H groups in total. The van der Waals surface area contributed by atoms with Crippen LogP contribution in [-0.4, -0.2) is 23.1 Å². The van der Waals surface area contributed by atoms with Gasteiger partial charge in [-0.15, -0.1) is 0 Å². The first kappa shape index (κ1) is 18.7. The molecule has 0 unspecified atom stereocenters. The molecule has 27 heavy (non-hydrogen) atoms. The van der Waals surface area contributed by atoms with Gasteiger partial charge in [0.25, 0.3) is 5.91 Å². The molecule has 0 saturated carbocycles. The second-order valence-electron chi connectivity index (χ2n) is 6.13. The Morgan fingerprint density at radius 3 is 2.30 bits per heavy atom. The largest absolute Gasteiger partial charge is 0.452 e. The second kappa shape index (κ2) is 8.10. The highest BCUT2D eigenvalue weighted by atomic mass is 35.5.